The Kier molecular flexibility index (Phi) is 2.12. The molecule has 0 nitrogen and oxygen atoms in total. The second-order valence-corrected chi connectivity index (χ2v) is 3.63. The van der Waals surface area contributed by atoms with Crippen molar-refractivity contribution >= 4 is 16.9 Å². The molecule has 0 heterocycles. The monoisotopic (exact) mass is 157 g/mol. The molecule has 1 aliphatic carbocycles. The van der Waals surface area contributed by atoms with Crippen molar-refractivity contribution in [2.24, 2.45) is 0 Å². The Balaban J connectivity index is 2.12. The van der Waals surface area contributed by atoms with Gasteiger partial charge in [0.2, 0.25) is 0 Å². The van der Waals surface area contributed by atoms with Crippen LogP contribution in [0.4, 0.5) is 0 Å². The number of rotatable bonds is 0. The third-order valence-corrected chi connectivity index (χ3v) is 2.49. The summed E-state index contributed by atoms with van der Waals surface area (Å²) in [4.78, 5) is 0. The third kappa shape index (κ3) is 1.77. The summed E-state index contributed by atoms with van der Waals surface area (Å²) in [5, 5.41) is 0. The van der Waals surface area contributed by atoms with Gasteiger partial charge in [0.1, 0.15) is 0 Å². The fraction of sp³-hybridized carbons (Fsp3) is 0.833. The number of hydrogen-bond acceptors (Lipinski definition) is 0. The summed E-state index contributed by atoms with van der Waals surface area (Å²) in [6.07, 6.45) is 7.89. The zero-order valence-corrected chi connectivity index (χ0v) is 6.31. The Morgan fingerprint density at radius 2 is 1.86 bits per heavy atom. The van der Waals surface area contributed by atoms with E-state index in [2.05, 4.69) is 23.3 Å². The fourth-order valence-corrected chi connectivity index (χ4v) is 1.53. The maximum atomic E-state index is 2.75. The van der Waals surface area contributed by atoms with Gasteiger partial charge in [0.15, 0.2) is 0 Å². The van der Waals surface area contributed by atoms with Crippen molar-refractivity contribution in [3.05, 3.63) is 6.42 Å². The summed E-state index contributed by atoms with van der Waals surface area (Å²) in [6.45, 7) is 0. The van der Waals surface area contributed by atoms with Crippen LogP contribution in [-0.4, -0.2) is 16.9 Å². The molecule has 1 saturated carbocycles. The first-order valence-corrected chi connectivity index (χ1v) is 3.97. The van der Waals surface area contributed by atoms with Gasteiger partial charge in [-0.3, -0.25) is 0 Å². The Morgan fingerprint density at radius 3 is 2.14 bits per heavy atom. The van der Waals surface area contributed by atoms with Crippen LogP contribution < -0.4 is 0 Å². The Hall–Kier alpha value is 0.428. The van der Waals surface area contributed by atoms with Crippen LogP contribution in [0.5, 0.6) is 0 Å². The predicted molar refractivity (Wildman–Crippen MR) is 32.3 cm³/mol. The normalized spacial score (nSPS) is 24.1. The molecule has 0 aromatic carbocycles. The SMILES string of the molecule is [As]C1CC[CH+]CC1. The molecular weight excluding hydrogens is 147 g/mol. The van der Waals surface area contributed by atoms with Crippen molar-refractivity contribution in [1.29, 1.82) is 0 Å². The summed E-state index contributed by atoms with van der Waals surface area (Å²) in [5.41, 5.74) is 0. The molecule has 0 atom stereocenters. The zero-order valence-electron chi connectivity index (χ0n) is 4.43. The van der Waals surface area contributed by atoms with Gasteiger partial charge in [-0.25, -0.2) is 0 Å². The molecule has 0 bridgehead atoms. The van der Waals surface area contributed by atoms with E-state index in [9.17, 15) is 0 Å². The number of hydrogen-bond donors (Lipinski definition) is 0. The van der Waals surface area contributed by atoms with E-state index in [1.54, 1.807) is 0 Å². The van der Waals surface area contributed by atoms with Crippen LogP contribution in [0.3, 0.4) is 0 Å². The molecule has 0 aromatic rings. The van der Waals surface area contributed by atoms with Crippen LogP contribution in [0, 0.1) is 6.42 Å². The molecule has 0 unspecified atom stereocenters. The summed E-state index contributed by atoms with van der Waals surface area (Å²) in [5.74, 6) is 0. The molecule has 0 aromatic heterocycles. The van der Waals surface area contributed by atoms with Crippen LogP contribution in [0.1, 0.15) is 25.7 Å². The molecule has 1 aliphatic rings. The van der Waals surface area contributed by atoms with Gasteiger partial charge in [-0.2, -0.15) is 0 Å². The Morgan fingerprint density at radius 1 is 1.29 bits per heavy atom. The van der Waals surface area contributed by atoms with Gasteiger partial charge >= 0.3 is 53.7 Å². The van der Waals surface area contributed by atoms with E-state index in [1.165, 1.54) is 25.7 Å². The second-order valence-electron chi connectivity index (χ2n) is 2.10. The molecule has 0 amide bonds. The molecule has 7 heavy (non-hydrogen) atoms. The minimum atomic E-state index is 0.942. The van der Waals surface area contributed by atoms with E-state index < -0.39 is 0 Å². The van der Waals surface area contributed by atoms with Crippen LogP contribution in [0.25, 0.3) is 0 Å². The topological polar surface area (TPSA) is 0 Å². The van der Waals surface area contributed by atoms with Gasteiger partial charge in [0.25, 0.3) is 0 Å². The Labute approximate surface area is 54.2 Å². The summed E-state index contributed by atoms with van der Waals surface area (Å²) < 4.78 is 0.942. The van der Waals surface area contributed by atoms with Crippen molar-refractivity contribution < 1.29 is 0 Å². The first kappa shape index (κ1) is 5.56. The van der Waals surface area contributed by atoms with Crippen LogP contribution in [-0.2, 0) is 0 Å². The average molecular weight is 157 g/mol. The quantitative estimate of drug-likeness (QED) is 0.371. The Bertz CT molecular complexity index is 46.1. The van der Waals surface area contributed by atoms with Crippen molar-refractivity contribution in [2.75, 3.05) is 0 Å². The van der Waals surface area contributed by atoms with Gasteiger partial charge in [0.05, 0.1) is 0 Å². The van der Waals surface area contributed by atoms with Gasteiger partial charge in [-0.1, -0.05) is 0 Å². The molecule has 0 spiro atoms. The molecule has 0 N–H and O–H groups in total. The van der Waals surface area contributed by atoms with Crippen LogP contribution in [0.15, 0.2) is 0 Å². The maximum absolute atomic E-state index is 2.75. The van der Waals surface area contributed by atoms with Gasteiger partial charge in [-0.15, -0.1) is 0 Å². The third-order valence-electron chi connectivity index (χ3n) is 1.41. The molecule has 1 heteroatoms. The standard InChI is InChI=1S/C6H10As/c7-6-4-2-1-3-5-6/h1,6H,2-5H2/q+1. The fourth-order valence-electron chi connectivity index (χ4n) is 0.909. The van der Waals surface area contributed by atoms with E-state index in [1.807, 2.05) is 0 Å². The van der Waals surface area contributed by atoms with Gasteiger partial charge < -0.3 is 0 Å². The first-order chi connectivity index (χ1) is 3.39. The van der Waals surface area contributed by atoms with Crippen molar-refractivity contribution in [1.82, 2.24) is 0 Å². The van der Waals surface area contributed by atoms with E-state index in [-0.39, 0.29) is 0 Å². The van der Waals surface area contributed by atoms with Crippen LogP contribution >= 0.6 is 0 Å². The minimum absolute atomic E-state index is 0.942. The summed E-state index contributed by atoms with van der Waals surface area (Å²) in [7, 11) is 0. The molecular formula is C6H10As+. The van der Waals surface area contributed by atoms with E-state index in [0.717, 1.165) is 4.71 Å². The predicted octanol–water partition coefficient (Wildman–Crippen LogP) is 1.72. The van der Waals surface area contributed by atoms with E-state index >= 15 is 0 Å². The van der Waals surface area contributed by atoms with Gasteiger partial charge in [0, 0.05) is 0 Å². The first-order valence-electron chi connectivity index (χ1n) is 2.89. The molecule has 0 aliphatic heterocycles. The summed E-state index contributed by atoms with van der Waals surface area (Å²) >= 11 is 2.75. The van der Waals surface area contributed by atoms with Crippen molar-refractivity contribution in [3.8, 4) is 0 Å². The average Bonchev–Trinajstić information content (AvgIpc) is 1.69. The summed E-state index contributed by atoms with van der Waals surface area (Å²) in [6, 6.07) is 0. The van der Waals surface area contributed by atoms with Crippen molar-refractivity contribution in [2.45, 2.75) is 30.4 Å². The molecule has 1 rings (SSSR count). The molecule has 0 saturated heterocycles. The molecule has 38 valence electrons. The van der Waals surface area contributed by atoms with E-state index in [0.29, 0.717) is 0 Å². The molecule has 2 radical (unpaired) electrons. The van der Waals surface area contributed by atoms with Crippen molar-refractivity contribution in [3.63, 3.8) is 0 Å². The van der Waals surface area contributed by atoms with Crippen LogP contribution in [0.2, 0.25) is 4.71 Å². The molecule has 1 fully saturated rings. The van der Waals surface area contributed by atoms with E-state index in [4.69, 9.17) is 0 Å². The second kappa shape index (κ2) is 2.67. The van der Waals surface area contributed by atoms with Gasteiger partial charge in [-0.05, 0) is 0 Å². The zero-order chi connectivity index (χ0) is 5.11.